The SMILES string of the molecule is CC1(C(=O)O)C=CC(C2CC2)=C(C(=O)O)C1c1ccccc1S(C)(=O)=O. The van der Waals surface area contributed by atoms with E-state index in [2.05, 4.69) is 0 Å². The maximum Gasteiger partial charge on any atom is 0.332 e. The van der Waals surface area contributed by atoms with Gasteiger partial charge in [-0.15, -0.1) is 0 Å². The summed E-state index contributed by atoms with van der Waals surface area (Å²) >= 11 is 0. The van der Waals surface area contributed by atoms with E-state index < -0.39 is 33.1 Å². The van der Waals surface area contributed by atoms with Gasteiger partial charge in [0.05, 0.1) is 10.3 Å². The average Bonchev–Trinajstić information content (AvgIpc) is 3.38. The molecule has 2 atom stereocenters. The second kappa shape index (κ2) is 6.09. The summed E-state index contributed by atoms with van der Waals surface area (Å²) in [4.78, 5) is 24.1. The first kappa shape index (κ1) is 18.4. The summed E-state index contributed by atoms with van der Waals surface area (Å²) in [5, 5.41) is 19.7. The van der Waals surface area contributed by atoms with Gasteiger partial charge in [-0.05, 0) is 42.9 Å². The predicted octanol–water partition coefficient (Wildman–Crippen LogP) is 2.63. The van der Waals surface area contributed by atoms with Crippen molar-refractivity contribution in [1.29, 1.82) is 0 Å². The highest BCUT2D eigenvalue weighted by Gasteiger charge is 2.49. The van der Waals surface area contributed by atoms with Gasteiger partial charge < -0.3 is 10.2 Å². The molecule has 0 bridgehead atoms. The highest BCUT2D eigenvalue weighted by atomic mass is 32.2. The number of allylic oxidation sites excluding steroid dienone is 2. The Morgan fingerprint density at radius 1 is 1.15 bits per heavy atom. The quantitative estimate of drug-likeness (QED) is 0.818. The molecular weight excluding hydrogens is 356 g/mol. The fourth-order valence-corrected chi connectivity index (χ4v) is 4.58. The normalized spacial score (nSPS) is 26.0. The van der Waals surface area contributed by atoms with Crippen LogP contribution in [0.1, 0.15) is 31.2 Å². The van der Waals surface area contributed by atoms with Crippen LogP contribution in [0.3, 0.4) is 0 Å². The maximum absolute atomic E-state index is 12.3. The van der Waals surface area contributed by atoms with Gasteiger partial charge in [0.15, 0.2) is 9.84 Å². The van der Waals surface area contributed by atoms with Crippen molar-refractivity contribution in [3.63, 3.8) is 0 Å². The summed E-state index contributed by atoms with van der Waals surface area (Å²) in [5.74, 6) is -3.42. The van der Waals surface area contributed by atoms with Crippen LogP contribution in [-0.2, 0) is 19.4 Å². The third kappa shape index (κ3) is 2.96. The summed E-state index contributed by atoms with van der Waals surface area (Å²) < 4.78 is 24.5. The number of rotatable bonds is 5. The lowest BCUT2D eigenvalue weighted by atomic mass is 9.65. The van der Waals surface area contributed by atoms with Gasteiger partial charge in [-0.1, -0.05) is 30.4 Å². The van der Waals surface area contributed by atoms with Crippen LogP contribution in [-0.4, -0.2) is 36.8 Å². The zero-order valence-corrected chi connectivity index (χ0v) is 15.3. The minimum absolute atomic E-state index is 0.0176. The van der Waals surface area contributed by atoms with Crippen molar-refractivity contribution in [3.05, 3.63) is 53.1 Å². The minimum Gasteiger partial charge on any atom is -0.481 e. The second-order valence-electron chi connectivity index (χ2n) is 7.11. The summed E-state index contributed by atoms with van der Waals surface area (Å²) in [6, 6.07) is 6.04. The van der Waals surface area contributed by atoms with E-state index >= 15 is 0 Å². The molecule has 2 unspecified atom stereocenters. The first-order valence-electron chi connectivity index (χ1n) is 8.26. The molecule has 2 aliphatic carbocycles. The molecule has 0 aliphatic heterocycles. The van der Waals surface area contributed by atoms with E-state index in [0.717, 1.165) is 19.1 Å². The molecule has 0 amide bonds. The fraction of sp³-hybridized carbons (Fsp3) is 0.368. The number of carboxylic acid groups (broad SMARTS) is 2. The molecule has 1 fully saturated rings. The first-order valence-corrected chi connectivity index (χ1v) is 10.2. The van der Waals surface area contributed by atoms with E-state index in [1.165, 1.54) is 25.1 Å². The van der Waals surface area contributed by atoms with Gasteiger partial charge in [-0.2, -0.15) is 0 Å². The van der Waals surface area contributed by atoms with Crippen molar-refractivity contribution in [2.24, 2.45) is 11.3 Å². The van der Waals surface area contributed by atoms with E-state index in [0.29, 0.717) is 5.57 Å². The van der Waals surface area contributed by atoms with E-state index in [9.17, 15) is 28.2 Å². The Labute approximate surface area is 151 Å². The number of hydrogen-bond acceptors (Lipinski definition) is 4. The lowest BCUT2D eigenvalue weighted by molar-refractivity contribution is -0.146. The molecule has 2 N–H and O–H groups in total. The molecule has 2 aliphatic rings. The van der Waals surface area contributed by atoms with E-state index in [4.69, 9.17) is 0 Å². The Morgan fingerprint density at radius 3 is 2.27 bits per heavy atom. The van der Waals surface area contributed by atoms with E-state index in [1.807, 2.05) is 0 Å². The van der Waals surface area contributed by atoms with Crippen LogP contribution < -0.4 is 0 Å². The maximum atomic E-state index is 12.3. The highest BCUT2D eigenvalue weighted by molar-refractivity contribution is 7.90. The largest absolute Gasteiger partial charge is 0.481 e. The lowest BCUT2D eigenvalue weighted by Gasteiger charge is -2.37. The Bertz CT molecular complexity index is 952. The number of hydrogen-bond donors (Lipinski definition) is 2. The lowest BCUT2D eigenvalue weighted by Crippen LogP contribution is -2.38. The molecule has 0 saturated heterocycles. The molecule has 26 heavy (non-hydrogen) atoms. The van der Waals surface area contributed by atoms with Gasteiger partial charge in [0.25, 0.3) is 0 Å². The van der Waals surface area contributed by atoms with Gasteiger partial charge in [0, 0.05) is 17.7 Å². The molecule has 1 saturated carbocycles. The molecule has 1 aromatic rings. The zero-order valence-electron chi connectivity index (χ0n) is 14.5. The van der Waals surface area contributed by atoms with Crippen LogP contribution in [0.2, 0.25) is 0 Å². The third-order valence-corrected chi connectivity index (χ3v) is 6.32. The molecule has 1 aromatic carbocycles. The van der Waals surface area contributed by atoms with E-state index in [-0.39, 0.29) is 21.9 Å². The highest BCUT2D eigenvalue weighted by Crippen LogP contribution is 2.52. The zero-order chi connectivity index (χ0) is 19.3. The third-order valence-electron chi connectivity index (χ3n) is 5.15. The van der Waals surface area contributed by atoms with Gasteiger partial charge in [-0.25, -0.2) is 13.2 Å². The molecule has 0 spiro atoms. The second-order valence-corrected chi connectivity index (χ2v) is 9.10. The van der Waals surface area contributed by atoms with Gasteiger partial charge >= 0.3 is 11.9 Å². The van der Waals surface area contributed by atoms with Crippen LogP contribution in [0.5, 0.6) is 0 Å². The number of carbonyl (C=O) groups is 2. The topological polar surface area (TPSA) is 109 Å². The van der Waals surface area contributed by atoms with Crippen LogP contribution in [0.4, 0.5) is 0 Å². The van der Waals surface area contributed by atoms with Crippen molar-refractivity contribution in [3.8, 4) is 0 Å². The van der Waals surface area contributed by atoms with Gasteiger partial charge in [0.2, 0.25) is 0 Å². The Kier molecular flexibility index (Phi) is 4.30. The first-order chi connectivity index (χ1) is 12.1. The van der Waals surface area contributed by atoms with E-state index in [1.54, 1.807) is 18.2 Å². The molecule has 0 aromatic heterocycles. The van der Waals surface area contributed by atoms with Gasteiger partial charge in [-0.3, -0.25) is 4.79 Å². The van der Waals surface area contributed by atoms with Crippen molar-refractivity contribution < 1.29 is 28.2 Å². The summed E-state index contributed by atoms with van der Waals surface area (Å²) in [7, 11) is -3.66. The summed E-state index contributed by atoms with van der Waals surface area (Å²) in [5.41, 5.74) is -0.771. The van der Waals surface area contributed by atoms with Crippen LogP contribution in [0.15, 0.2) is 52.5 Å². The van der Waals surface area contributed by atoms with Crippen LogP contribution in [0, 0.1) is 11.3 Å². The predicted molar refractivity (Wildman–Crippen MR) is 94.6 cm³/mol. The number of carboxylic acids is 2. The Morgan fingerprint density at radius 2 is 1.77 bits per heavy atom. The number of benzene rings is 1. The summed E-state index contributed by atoms with van der Waals surface area (Å²) in [6.07, 6.45) is 5.82. The summed E-state index contributed by atoms with van der Waals surface area (Å²) in [6.45, 7) is 1.43. The fourth-order valence-electron chi connectivity index (χ4n) is 3.64. The number of aliphatic carboxylic acids is 2. The molecular formula is C19H20O6S. The molecule has 0 radical (unpaired) electrons. The van der Waals surface area contributed by atoms with Crippen molar-refractivity contribution >= 4 is 21.8 Å². The van der Waals surface area contributed by atoms with Crippen molar-refractivity contribution in [2.75, 3.05) is 6.26 Å². The molecule has 7 heteroatoms. The molecule has 3 rings (SSSR count). The van der Waals surface area contributed by atoms with Crippen LogP contribution in [0.25, 0.3) is 0 Å². The van der Waals surface area contributed by atoms with Crippen LogP contribution >= 0.6 is 0 Å². The molecule has 138 valence electrons. The Balaban J connectivity index is 2.35. The number of sulfone groups is 1. The standard InChI is InChI=1S/C19H20O6S/c1-19(18(22)23)10-9-12(11-7-8-11)15(17(20)21)16(19)13-5-3-4-6-14(13)26(2,24)25/h3-6,9-11,16H,7-8H2,1-2H3,(H,20,21)(H,22,23). The average molecular weight is 376 g/mol. The van der Waals surface area contributed by atoms with Gasteiger partial charge in [0.1, 0.15) is 0 Å². The molecule has 0 heterocycles. The smallest absolute Gasteiger partial charge is 0.332 e. The minimum atomic E-state index is -3.66. The monoisotopic (exact) mass is 376 g/mol. The Hall–Kier alpha value is -2.41. The van der Waals surface area contributed by atoms with Crippen molar-refractivity contribution in [2.45, 2.75) is 30.6 Å². The van der Waals surface area contributed by atoms with Crippen molar-refractivity contribution in [1.82, 2.24) is 0 Å². The molecule has 6 nitrogen and oxygen atoms in total.